The van der Waals surface area contributed by atoms with E-state index in [0.29, 0.717) is 0 Å². The minimum absolute atomic E-state index is 0.759. The van der Waals surface area contributed by atoms with Crippen LogP contribution in [0.15, 0.2) is 0 Å². The Bertz CT molecular complexity index is 232. The Hall–Kier alpha value is -0.120. The molecule has 0 saturated carbocycles. The van der Waals surface area contributed by atoms with Gasteiger partial charge in [-0.1, -0.05) is 13.8 Å². The summed E-state index contributed by atoms with van der Waals surface area (Å²) in [6, 6.07) is 1.52. The minimum atomic E-state index is 0.759. The smallest absolute Gasteiger partial charge is 0.0250 e. The Kier molecular flexibility index (Phi) is 4.83. The molecule has 3 unspecified atom stereocenters. The Balaban J connectivity index is 2.04. The normalized spacial score (nSPS) is 37.9. The van der Waals surface area contributed by atoms with Gasteiger partial charge in [-0.2, -0.15) is 0 Å². The number of hydrogen-bond donors (Lipinski definition) is 1. The number of nitrogens with one attached hydrogen (secondary N) is 1. The van der Waals surface area contributed by atoms with Crippen LogP contribution in [-0.4, -0.2) is 61.7 Å². The summed E-state index contributed by atoms with van der Waals surface area (Å²) >= 11 is 0. The van der Waals surface area contributed by atoms with Gasteiger partial charge in [-0.15, -0.1) is 0 Å². The van der Waals surface area contributed by atoms with Crippen LogP contribution in [0.1, 0.15) is 33.1 Å². The van der Waals surface area contributed by atoms with Crippen molar-refractivity contribution in [2.75, 3.05) is 39.8 Å². The Morgan fingerprint density at radius 1 is 1.29 bits per heavy atom. The summed E-state index contributed by atoms with van der Waals surface area (Å²) in [5.41, 5.74) is 0. The van der Waals surface area contributed by atoms with Gasteiger partial charge in [0.1, 0.15) is 0 Å². The first-order chi connectivity index (χ1) is 8.22. The van der Waals surface area contributed by atoms with Crippen molar-refractivity contribution in [3.8, 4) is 0 Å². The number of likely N-dealkylation sites (N-methyl/N-ethyl adjacent to an activating group) is 1. The van der Waals surface area contributed by atoms with E-state index in [0.717, 1.165) is 18.0 Å². The van der Waals surface area contributed by atoms with Gasteiger partial charge in [0.25, 0.3) is 0 Å². The number of piperidine rings is 1. The first kappa shape index (κ1) is 13.3. The predicted molar refractivity (Wildman–Crippen MR) is 73.3 cm³/mol. The number of rotatable bonds is 2. The molecule has 0 spiro atoms. The van der Waals surface area contributed by atoms with E-state index in [-0.39, 0.29) is 0 Å². The third-order valence-corrected chi connectivity index (χ3v) is 4.63. The molecular formula is C14H29N3. The zero-order chi connectivity index (χ0) is 12.3. The standard InChI is InChI=1S/C14H29N3/c1-4-13-11-16(3)8-5-9-17(13)14-10-15-7-6-12(14)2/h12-15H,4-11H2,1-3H3. The van der Waals surface area contributed by atoms with E-state index in [1.54, 1.807) is 0 Å². The monoisotopic (exact) mass is 239 g/mol. The van der Waals surface area contributed by atoms with Gasteiger partial charge >= 0.3 is 0 Å². The van der Waals surface area contributed by atoms with Crippen molar-refractivity contribution in [3.05, 3.63) is 0 Å². The lowest BCUT2D eigenvalue weighted by Gasteiger charge is -2.42. The molecule has 100 valence electrons. The first-order valence-corrected chi connectivity index (χ1v) is 7.37. The molecule has 2 rings (SSSR count). The summed E-state index contributed by atoms with van der Waals surface area (Å²) in [7, 11) is 2.27. The highest BCUT2D eigenvalue weighted by molar-refractivity contribution is 4.89. The molecule has 3 nitrogen and oxygen atoms in total. The van der Waals surface area contributed by atoms with E-state index >= 15 is 0 Å². The van der Waals surface area contributed by atoms with E-state index in [9.17, 15) is 0 Å². The summed E-state index contributed by atoms with van der Waals surface area (Å²) in [6.07, 6.45) is 3.96. The topological polar surface area (TPSA) is 18.5 Å². The van der Waals surface area contributed by atoms with Crippen molar-refractivity contribution in [2.24, 2.45) is 5.92 Å². The fraction of sp³-hybridized carbons (Fsp3) is 1.00. The van der Waals surface area contributed by atoms with Crippen molar-refractivity contribution in [3.63, 3.8) is 0 Å². The fourth-order valence-electron chi connectivity index (χ4n) is 3.48. The maximum absolute atomic E-state index is 3.58. The fourth-order valence-corrected chi connectivity index (χ4v) is 3.48. The lowest BCUT2D eigenvalue weighted by Crippen LogP contribution is -2.55. The molecule has 17 heavy (non-hydrogen) atoms. The molecule has 3 atom stereocenters. The van der Waals surface area contributed by atoms with E-state index in [4.69, 9.17) is 0 Å². The third kappa shape index (κ3) is 3.21. The SMILES string of the molecule is CCC1CN(C)CCCN1C1CNCCC1C. The van der Waals surface area contributed by atoms with Crippen LogP contribution in [-0.2, 0) is 0 Å². The second kappa shape index (κ2) is 6.17. The van der Waals surface area contributed by atoms with Gasteiger partial charge in [-0.05, 0) is 45.3 Å². The second-order valence-corrected chi connectivity index (χ2v) is 5.95. The van der Waals surface area contributed by atoms with Gasteiger partial charge < -0.3 is 10.2 Å². The van der Waals surface area contributed by atoms with Crippen molar-refractivity contribution < 1.29 is 0 Å². The summed E-state index contributed by atoms with van der Waals surface area (Å²) in [4.78, 5) is 5.31. The molecule has 0 aromatic carbocycles. The Morgan fingerprint density at radius 2 is 2.12 bits per heavy atom. The van der Waals surface area contributed by atoms with Crippen LogP contribution in [0.3, 0.4) is 0 Å². The maximum Gasteiger partial charge on any atom is 0.0250 e. The molecule has 3 heteroatoms. The molecule has 0 aromatic heterocycles. The molecule has 2 saturated heterocycles. The Labute approximate surface area is 107 Å². The first-order valence-electron chi connectivity index (χ1n) is 7.37. The molecule has 2 heterocycles. The zero-order valence-corrected chi connectivity index (χ0v) is 11.8. The quantitative estimate of drug-likeness (QED) is 0.786. The van der Waals surface area contributed by atoms with Crippen LogP contribution in [0.4, 0.5) is 0 Å². The summed E-state index contributed by atoms with van der Waals surface area (Å²) < 4.78 is 0. The average molecular weight is 239 g/mol. The van der Waals surface area contributed by atoms with Gasteiger partial charge in [-0.25, -0.2) is 0 Å². The van der Waals surface area contributed by atoms with Crippen molar-refractivity contribution >= 4 is 0 Å². The van der Waals surface area contributed by atoms with Gasteiger partial charge in [0.15, 0.2) is 0 Å². The van der Waals surface area contributed by atoms with Gasteiger partial charge in [0.2, 0.25) is 0 Å². The second-order valence-electron chi connectivity index (χ2n) is 5.95. The molecule has 0 radical (unpaired) electrons. The van der Waals surface area contributed by atoms with Crippen molar-refractivity contribution in [1.29, 1.82) is 0 Å². The highest BCUT2D eigenvalue weighted by Gasteiger charge is 2.32. The van der Waals surface area contributed by atoms with Gasteiger partial charge in [-0.3, -0.25) is 4.90 Å². The van der Waals surface area contributed by atoms with Crippen LogP contribution >= 0.6 is 0 Å². The van der Waals surface area contributed by atoms with Gasteiger partial charge in [0, 0.05) is 31.7 Å². The molecule has 0 aromatic rings. The maximum atomic E-state index is 3.58. The summed E-state index contributed by atoms with van der Waals surface area (Å²) in [5, 5.41) is 3.58. The lowest BCUT2D eigenvalue weighted by atomic mass is 9.92. The molecule has 0 aliphatic carbocycles. The van der Waals surface area contributed by atoms with E-state index in [1.165, 1.54) is 52.0 Å². The van der Waals surface area contributed by atoms with Crippen LogP contribution in [0.5, 0.6) is 0 Å². The Morgan fingerprint density at radius 3 is 2.82 bits per heavy atom. The highest BCUT2D eigenvalue weighted by Crippen LogP contribution is 2.23. The van der Waals surface area contributed by atoms with Crippen LogP contribution in [0.25, 0.3) is 0 Å². The molecule has 2 fully saturated rings. The third-order valence-electron chi connectivity index (χ3n) is 4.63. The largest absolute Gasteiger partial charge is 0.315 e. The van der Waals surface area contributed by atoms with Crippen LogP contribution in [0.2, 0.25) is 0 Å². The molecular weight excluding hydrogens is 210 g/mol. The molecule has 2 aliphatic rings. The average Bonchev–Trinajstić information content (AvgIpc) is 2.51. The molecule has 1 N–H and O–H groups in total. The molecule has 2 aliphatic heterocycles. The van der Waals surface area contributed by atoms with E-state index < -0.39 is 0 Å². The van der Waals surface area contributed by atoms with Gasteiger partial charge in [0.05, 0.1) is 0 Å². The summed E-state index contributed by atoms with van der Waals surface area (Å²) in [6.45, 7) is 11.0. The van der Waals surface area contributed by atoms with E-state index in [1.807, 2.05) is 0 Å². The van der Waals surface area contributed by atoms with Crippen molar-refractivity contribution in [2.45, 2.75) is 45.2 Å². The van der Waals surface area contributed by atoms with E-state index in [2.05, 4.69) is 36.0 Å². The number of hydrogen-bond acceptors (Lipinski definition) is 3. The lowest BCUT2D eigenvalue weighted by molar-refractivity contribution is 0.0766. The molecule has 0 amide bonds. The minimum Gasteiger partial charge on any atom is -0.315 e. The number of nitrogens with zero attached hydrogens (tertiary/aromatic N) is 2. The predicted octanol–water partition coefficient (Wildman–Crippen LogP) is 1.40. The highest BCUT2D eigenvalue weighted by atomic mass is 15.3. The molecule has 0 bridgehead atoms. The van der Waals surface area contributed by atoms with Crippen LogP contribution < -0.4 is 5.32 Å². The summed E-state index contributed by atoms with van der Waals surface area (Å²) in [5.74, 6) is 0.855. The zero-order valence-electron chi connectivity index (χ0n) is 11.8. The van der Waals surface area contributed by atoms with Crippen molar-refractivity contribution in [1.82, 2.24) is 15.1 Å². The van der Waals surface area contributed by atoms with Crippen LogP contribution in [0, 0.1) is 5.92 Å².